The van der Waals surface area contributed by atoms with Crippen LogP contribution in [0, 0.1) is 5.41 Å². The van der Waals surface area contributed by atoms with E-state index in [0.717, 1.165) is 0 Å². The lowest BCUT2D eigenvalue weighted by molar-refractivity contribution is 1.47. The van der Waals surface area contributed by atoms with Crippen LogP contribution in [0.4, 0.5) is 0 Å². The highest BCUT2D eigenvalue weighted by molar-refractivity contribution is 5.93. The fraction of sp³-hybridized carbons (Fsp3) is 0.333. The molecular formula is C6H10N2. The Morgan fingerprint density at radius 2 is 2.25 bits per heavy atom. The van der Waals surface area contributed by atoms with Crippen LogP contribution in [0.15, 0.2) is 17.1 Å². The Morgan fingerprint density at radius 3 is 2.62 bits per heavy atom. The van der Waals surface area contributed by atoms with Crippen molar-refractivity contribution in [2.75, 3.05) is 7.05 Å². The first kappa shape index (κ1) is 7.08. The van der Waals surface area contributed by atoms with Crippen molar-refractivity contribution in [2.45, 2.75) is 6.92 Å². The molecule has 0 aliphatic heterocycles. The van der Waals surface area contributed by atoms with Gasteiger partial charge in [0.05, 0.1) is 0 Å². The maximum atomic E-state index is 6.92. The van der Waals surface area contributed by atoms with Crippen LogP contribution >= 0.6 is 0 Å². The molecule has 0 bridgehead atoms. The van der Waals surface area contributed by atoms with E-state index in [9.17, 15) is 0 Å². The van der Waals surface area contributed by atoms with Crippen LogP contribution in [0.3, 0.4) is 0 Å². The molecular weight excluding hydrogens is 100 g/mol. The summed E-state index contributed by atoms with van der Waals surface area (Å²) in [7, 11) is 1.70. The third-order valence-electron chi connectivity index (χ3n) is 0.581. The van der Waals surface area contributed by atoms with Gasteiger partial charge in [-0.1, -0.05) is 0 Å². The molecule has 0 amide bonds. The monoisotopic (exact) mass is 110 g/mol. The SMILES string of the molecule is C/N=C\C=C/C(C)=N. The van der Waals surface area contributed by atoms with Gasteiger partial charge in [0.2, 0.25) is 0 Å². The van der Waals surface area contributed by atoms with E-state index < -0.39 is 0 Å². The molecule has 0 atom stereocenters. The van der Waals surface area contributed by atoms with Gasteiger partial charge in [-0.05, 0) is 19.1 Å². The smallest absolute Gasteiger partial charge is 0.0283 e. The van der Waals surface area contributed by atoms with Crippen molar-refractivity contribution in [3.63, 3.8) is 0 Å². The van der Waals surface area contributed by atoms with Gasteiger partial charge in [0.25, 0.3) is 0 Å². The van der Waals surface area contributed by atoms with Crippen LogP contribution in [0.5, 0.6) is 0 Å². The molecule has 0 aliphatic carbocycles. The average Bonchev–Trinajstić information content (AvgIpc) is 1.66. The molecule has 0 aromatic heterocycles. The van der Waals surface area contributed by atoms with E-state index >= 15 is 0 Å². The van der Waals surface area contributed by atoms with Crippen molar-refractivity contribution in [2.24, 2.45) is 4.99 Å². The fourth-order valence-corrected chi connectivity index (χ4v) is 0.273. The van der Waals surface area contributed by atoms with E-state index in [-0.39, 0.29) is 0 Å². The molecule has 0 aromatic carbocycles. The molecule has 0 aromatic rings. The predicted molar refractivity (Wildman–Crippen MR) is 37.0 cm³/mol. The van der Waals surface area contributed by atoms with Gasteiger partial charge < -0.3 is 5.41 Å². The first-order chi connectivity index (χ1) is 3.77. The van der Waals surface area contributed by atoms with Crippen LogP contribution < -0.4 is 0 Å². The van der Waals surface area contributed by atoms with Gasteiger partial charge in [0.15, 0.2) is 0 Å². The molecule has 0 aliphatic rings. The van der Waals surface area contributed by atoms with E-state index in [4.69, 9.17) is 5.41 Å². The molecule has 2 nitrogen and oxygen atoms in total. The molecule has 0 rings (SSSR count). The first-order valence-corrected chi connectivity index (χ1v) is 2.41. The van der Waals surface area contributed by atoms with Crippen LogP contribution in [0.25, 0.3) is 0 Å². The number of nitrogens with one attached hydrogen (secondary N) is 1. The summed E-state index contributed by atoms with van der Waals surface area (Å²) in [5.41, 5.74) is 0.546. The third-order valence-corrected chi connectivity index (χ3v) is 0.581. The summed E-state index contributed by atoms with van der Waals surface area (Å²) in [6, 6.07) is 0. The zero-order valence-electron chi connectivity index (χ0n) is 5.18. The largest absolute Gasteiger partial charge is 0.306 e. The van der Waals surface area contributed by atoms with Gasteiger partial charge in [0, 0.05) is 19.0 Å². The lowest BCUT2D eigenvalue weighted by Crippen LogP contribution is -1.77. The summed E-state index contributed by atoms with van der Waals surface area (Å²) in [4.78, 5) is 3.70. The topological polar surface area (TPSA) is 36.2 Å². The molecule has 0 saturated carbocycles. The van der Waals surface area contributed by atoms with Gasteiger partial charge in [-0.25, -0.2) is 0 Å². The second kappa shape index (κ2) is 4.24. The third kappa shape index (κ3) is 5.08. The van der Waals surface area contributed by atoms with Crippen LogP contribution in [0.2, 0.25) is 0 Å². The lowest BCUT2D eigenvalue weighted by Gasteiger charge is -1.76. The summed E-state index contributed by atoms with van der Waals surface area (Å²) in [6.07, 6.45) is 5.08. The van der Waals surface area contributed by atoms with E-state index in [2.05, 4.69) is 4.99 Å². The predicted octanol–water partition coefficient (Wildman–Crippen LogP) is 1.28. The van der Waals surface area contributed by atoms with Crippen LogP contribution in [-0.2, 0) is 0 Å². The number of rotatable bonds is 2. The second-order valence-electron chi connectivity index (χ2n) is 1.45. The Kier molecular flexibility index (Phi) is 3.76. The number of hydrogen-bond acceptors (Lipinski definition) is 2. The maximum Gasteiger partial charge on any atom is 0.0283 e. The number of allylic oxidation sites excluding steroid dienone is 2. The van der Waals surface area contributed by atoms with Gasteiger partial charge in [-0.3, -0.25) is 4.99 Å². The van der Waals surface area contributed by atoms with E-state index in [0.29, 0.717) is 5.71 Å². The highest BCUT2D eigenvalue weighted by Crippen LogP contribution is 1.71. The first-order valence-electron chi connectivity index (χ1n) is 2.41. The molecule has 0 fully saturated rings. The molecule has 2 heteroatoms. The quantitative estimate of drug-likeness (QED) is 0.520. The minimum atomic E-state index is 0.546. The second-order valence-corrected chi connectivity index (χ2v) is 1.45. The van der Waals surface area contributed by atoms with Crippen molar-refractivity contribution in [3.8, 4) is 0 Å². The minimum absolute atomic E-state index is 0.546. The average molecular weight is 110 g/mol. The van der Waals surface area contributed by atoms with Crippen molar-refractivity contribution in [3.05, 3.63) is 12.2 Å². The van der Waals surface area contributed by atoms with E-state index in [1.807, 2.05) is 0 Å². The van der Waals surface area contributed by atoms with E-state index in [1.54, 1.807) is 32.3 Å². The van der Waals surface area contributed by atoms with Gasteiger partial charge >= 0.3 is 0 Å². The van der Waals surface area contributed by atoms with Gasteiger partial charge in [-0.15, -0.1) is 0 Å². The van der Waals surface area contributed by atoms with Crippen LogP contribution in [-0.4, -0.2) is 19.0 Å². The number of hydrogen-bond donors (Lipinski definition) is 1. The Morgan fingerprint density at radius 1 is 1.62 bits per heavy atom. The molecule has 1 N–H and O–H groups in total. The van der Waals surface area contributed by atoms with Crippen molar-refractivity contribution in [1.29, 1.82) is 5.41 Å². The highest BCUT2D eigenvalue weighted by Gasteiger charge is 1.69. The lowest BCUT2D eigenvalue weighted by atomic mass is 10.4. The van der Waals surface area contributed by atoms with Crippen LogP contribution in [0.1, 0.15) is 6.92 Å². The Labute approximate surface area is 49.5 Å². The normalized spacial score (nSPS) is 11.2. The van der Waals surface area contributed by atoms with Gasteiger partial charge in [0.1, 0.15) is 0 Å². The fourth-order valence-electron chi connectivity index (χ4n) is 0.273. The summed E-state index contributed by atoms with van der Waals surface area (Å²) in [5, 5.41) is 6.92. The summed E-state index contributed by atoms with van der Waals surface area (Å²) >= 11 is 0. The number of nitrogens with zero attached hydrogens (tertiary/aromatic N) is 1. The summed E-state index contributed by atoms with van der Waals surface area (Å²) < 4.78 is 0. The zero-order chi connectivity index (χ0) is 6.41. The molecule has 0 heterocycles. The molecule has 8 heavy (non-hydrogen) atoms. The van der Waals surface area contributed by atoms with Gasteiger partial charge in [-0.2, -0.15) is 0 Å². The number of aliphatic imine (C=N–C) groups is 1. The maximum absolute atomic E-state index is 6.92. The molecule has 0 spiro atoms. The molecule has 0 saturated heterocycles. The standard InChI is InChI=1S/C6H10N2/c1-6(7)4-3-5-8-2/h3-5,7H,1-2H3/b4-3-,7-6?,8-5-. The molecule has 0 radical (unpaired) electrons. The van der Waals surface area contributed by atoms with E-state index in [1.165, 1.54) is 0 Å². The molecule has 0 unspecified atom stereocenters. The minimum Gasteiger partial charge on any atom is -0.306 e. The summed E-state index contributed by atoms with van der Waals surface area (Å²) in [6.45, 7) is 1.72. The Balaban J connectivity index is 3.50. The van der Waals surface area contributed by atoms with Crippen molar-refractivity contribution >= 4 is 11.9 Å². The zero-order valence-corrected chi connectivity index (χ0v) is 5.18. The summed E-state index contributed by atoms with van der Waals surface area (Å²) in [5.74, 6) is 0. The highest BCUT2D eigenvalue weighted by atomic mass is 14.6. The Hall–Kier alpha value is -0.920. The Bertz CT molecular complexity index is 122. The van der Waals surface area contributed by atoms with Crippen molar-refractivity contribution in [1.82, 2.24) is 0 Å². The molecule has 44 valence electrons. The van der Waals surface area contributed by atoms with Crippen molar-refractivity contribution < 1.29 is 0 Å².